The largest absolute Gasteiger partial charge is 0.497 e. The van der Waals surface area contributed by atoms with Gasteiger partial charge in [-0.2, -0.15) is 0 Å². The molecule has 0 amide bonds. The van der Waals surface area contributed by atoms with Crippen LogP contribution in [-0.2, 0) is 6.54 Å². The van der Waals surface area contributed by atoms with E-state index < -0.39 is 0 Å². The van der Waals surface area contributed by atoms with Gasteiger partial charge in [0.05, 0.1) is 7.11 Å². The highest BCUT2D eigenvalue weighted by molar-refractivity contribution is 5.85. The van der Waals surface area contributed by atoms with Gasteiger partial charge in [0.15, 0.2) is 0 Å². The van der Waals surface area contributed by atoms with Crippen molar-refractivity contribution in [2.24, 2.45) is 0 Å². The predicted octanol–water partition coefficient (Wildman–Crippen LogP) is 3.70. The molecule has 0 saturated carbocycles. The van der Waals surface area contributed by atoms with Crippen LogP contribution in [0.15, 0.2) is 42.5 Å². The Bertz CT molecular complexity index is 617. The van der Waals surface area contributed by atoms with Crippen LogP contribution in [0.5, 0.6) is 5.75 Å². The van der Waals surface area contributed by atoms with Gasteiger partial charge < -0.3 is 15.4 Å². The number of nitrogens with zero attached hydrogens (tertiary/aromatic N) is 1. The molecule has 1 aliphatic heterocycles. The summed E-state index contributed by atoms with van der Waals surface area (Å²) in [5.74, 6) is 1.32. The van der Waals surface area contributed by atoms with E-state index in [1.54, 1.807) is 7.11 Å². The smallest absolute Gasteiger partial charge is 0.119 e. The van der Waals surface area contributed by atoms with Crippen LogP contribution in [0.2, 0.25) is 0 Å². The molecule has 1 heterocycles. The number of halogens is 2. The minimum atomic E-state index is 0. The lowest BCUT2D eigenvalue weighted by Crippen LogP contribution is -2.30. The highest BCUT2D eigenvalue weighted by atomic mass is 35.5. The molecule has 0 aromatic heterocycles. The first-order chi connectivity index (χ1) is 9.67. The van der Waals surface area contributed by atoms with Gasteiger partial charge in [-0.05, 0) is 48.0 Å². The number of hydrogen-bond donors (Lipinski definition) is 1. The summed E-state index contributed by atoms with van der Waals surface area (Å²) in [6.45, 7) is 2.00. The zero-order chi connectivity index (χ0) is 14.1. The van der Waals surface area contributed by atoms with Crippen LogP contribution in [0.3, 0.4) is 0 Å². The Morgan fingerprint density at radius 3 is 2.41 bits per heavy atom. The van der Waals surface area contributed by atoms with Crippen LogP contribution in [0.25, 0.3) is 0 Å². The quantitative estimate of drug-likeness (QED) is 0.847. The van der Waals surface area contributed by atoms with Crippen molar-refractivity contribution in [2.75, 3.05) is 26.4 Å². The second-order valence-corrected chi connectivity index (χ2v) is 5.48. The van der Waals surface area contributed by atoms with E-state index >= 15 is 0 Å². The monoisotopic (exact) mass is 340 g/mol. The molecule has 2 aromatic rings. The molecule has 1 atom stereocenters. The van der Waals surface area contributed by atoms with Crippen LogP contribution >= 0.6 is 24.8 Å². The van der Waals surface area contributed by atoms with Gasteiger partial charge in [0.2, 0.25) is 0 Å². The topological polar surface area (TPSA) is 38.5 Å². The average molecular weight is 341 g/mol. The molecular formula is C17H22Cl2N2O. The molecule has 120 valence electrons. The van der Waals surface area contributed by atoms with Crippen molar-refractivity contribution >= 4 is 30.5 Å². The number of methoxy groups -OCH3 is 1. The number of anilines is 1. The minimum absolute atomic E-state index is 0. The Balaban J connectivity index is 0.00000121. The summed E-state index contributed by atoms with van der Waals surface area (Å²) in [5.41, 5.74) is 10.7. The van der Waals surface area contributed by atoms with E-state index in [9.17, 15) is 0 Å². The second kappa shape index (κ2) is 7.73. The Hall–Kier alpha value is -1.42. The summed E-state index contributed by atoms with van der Waals surface area (Å²) in [5, 5.41) is 0. The Labute approximate surface area is 144 Å². The lowest BCUT2D eigenvalue weighted by atomic mass is 9.84. The molecule has 2 N–H and O–H groups in total. The maximum absolute atomic E-state index is 5.79. The summed E-state index contributed by atoms with van der Waals surface area (Å²) in [7, 11) is 3.87. The van der Waals surface area contributed by atoms with Crippen molar-refractivity contribution in [1.82, 2.24) is 4.90 Å². The van der Waals surface area contributed by atoms with Gasteiger partial charge in [-0.25, -0.2) is 0 Å². The van der Waals surface area contributed by atoms with E-state index in [1.807, 2.05) is 12.1 Å². The van der Waals surface area contributed by atoms with Gasteiger partial charge >= 0.3 is 0 Å². The van der Waals surface area contributed by atoms with E-state index in [1.165, 1.54) is 16.7 Å². The number of likely N-dealkylation sites (N-methyl/N-ethyl adjacent to an activating group) is 1. The van der Waals surface area contributed by atoms with Crippen molar-refractivity contribution in [1.29, 1.82) is 0 Å². The lowest BCUT2D eigenvalue weighted by molar-refractivity contribution is 0.294. The number of rotatable bonds is 2. The van der Waals surface area contributed by atoms with Gasteiger partial charge in [-0.1, -0.05) is 18.2 Å². The summed E-state index contributed by atoms with van der Waals surface area (Å²) >= 11 is 0. The van der Waals surface area contributed by atoms with Gasteiger partial charge in [0, 0.05) is 24.7 Å². The molecule has 1 aliphatic rings. The molecule has 0 radical (unpaired) electrons. The first-order valence-corrected chi connectivity index (χ1v) is 6.88. The summed E-state index contributed by atoms with van der Waals surface area (Å²) in [6, 6.07) is 14.6. The van der Waals surface area contributed by atoms with Crippen molar-refractivity contribution in [2.45, 2.75) is 12.5 Å². The third-order valence-corrected chi connectivity index (χ3v) is 4.00. The van der Waals surface area contributed by atoms with Gasteiger partial charge in [0.25, 0.3) is 0 Å². The molecule has 3 nitrogen and oxygen atoms in total. The molecule has 22 heavy (non-hydrogen) atoms. The molecule has 5 heteroatoms. The average Bonchev–Trinajstić information content (AvgIpc) is 2.46. The molecule has 1 unspecified atom stereocenters. The van der Waals surface area contributed by atoms with E-state index in [-0.39, 0.29) is 24.8 Å². The van der Waals surface area contributed by atoms with Crippen molar-refractivity contribution in [3.05, 3.63) is 59.2 Å². The van der Waals surface area contributed by atoms with Crippen LogP contribution < -0.4 is 10.5 Å². The van der Waals surface area contributed by atoms with Crippen LogP contribution in [0.4, 0.5) is 5.69 Å². The number of benzene rings is 2. The predicted molar refractivity (Wildman–Crippen MR) is 96.5 cm³/mol. The number of fused-ring (bicyclic) bond motifs is 1. The third-order valence-electron chi connectivity index (χ3n) is 4.00. The van der Waals surface area contributed by atoms with Crippen molar-refractivity contribution in [3.63, 3.8) is 0 Å². The fourth-order valence-corrected chi connectivity index (χ4v) is 2.96. The Kier molecular flexibility index (Phi) is 6.54. The van der Waals surface area contributed by atoms with E-state index in [0.29, 0.717) is 5.92 Å². The van der Waals surface area contributed by atoms with Crippen LogP contribution in [-0.4, -0.2) is 25.6 Å². The summed E-state index contributed by atoms with van der Waals surface area (Å²) < 4.78 is 5.34. The fourth-order valence-electron chi connectivity index (χ4n) is 2.96. The summed E-state index contributed by atoms with van der Waals surface area (Å²) in [4.78, 5) is 2.35. The van der Waals surface area contributed by atoms with Crippen molar-refractivity contribution < 1.29 is 4.74 Å². The van der Waals surface area contributed by atoms with E-state index in [0.717, 1.165) is 24.5 Å². The first kappa shape index (κ1) is 18.6. The highest BCUT2D eigenvalue weighted by Crippen LogP contribution is 2.35. The molecule has 0 fully saturated rings. The van der Waals surface area contributed by atoms with Crippen LogP contribution in [0, 0.1) is 0 Å². The molecule has 0 spiro atoms. The Morgan fingerprint density at radius 1 is 1.09 bits per heavy atom. The first-order valence-electron chi connectivity index (χ1n) is 6.88. The standard InChI is InChI=1S/C17H20N2O.2ClH/c1-19-10-13-9-15(20-2)7-8-16(13)17(11-19)12-3-5-14(18)6-4-12;;/h3-9,17H,10-11,18H2,1-2H3;2*1H. The Morgan fingerprint density at radius 2 is 1.77 bits per heavy atom. The fraction of sp³-hybridized carbons (Fsp3) is 0.294. The normalized spacial score (nSPS) is 16.9. The van der Waals surface area contributed by atoms with Gasteiger partial charge in [0.1, 0.15) is 5.75 Å². The SMILES string of the molecule is COc1ccc2c(c1)CN(C)CC2c1ccc(N)cc1.Cl.Cl. The third kappa shape index (κ3) is 3.67. The maximum atomic E-state index is 5.79. The minimum Gasteiger partial charge on any atom is -0.497 e. The second-order valence-electron chi connectivity index (χ2n) is 5.48. The number of ether oxygens (including phenoxy) is 1. The van der Waals surface area contributed by atoms with Gasteiger partial charge in [-0.3, -0.25) is 0 Å². The zero-order valence-electron chi connectivity index (χ0n) is 12.8. The molecule has 0 bridgehead atoms. The maximum Gasteiger partial charge on any atom is 0.119 e. The molecule has 0 aliphatic carbocycles. The molecular weight excluding hydrogens is 319 g/mol. The van der Waals surface area contributed by atoms with E-state index in [2.05, 4.69) is 42.3 Å². The van der Waals surface area contributed by atoms with Crippen LogP contribution in [0.1, 0.15) is 22.6 Å². The van der Waals surface area contributed by atoms with Gasteiger partial charge in [-0.15, -0.1) is 24.8 Å². The molecule has 3 rings (SSSR count). The molecule has 2 aromatic carbocycles. The number of nitrogen functional groups attached to an aromatic ring is 1. The highest BCUT2D eigenvalue weighted by Gasteiger charge is 2.24. The molecule has 0 saturated heterocycles. The zero-order valence-corrected chi connectivity index (χ0v) is 14.4. The van der Waals surface area contributed by atoms with E-state index in [4.69, 9.17) is 10.5 Å². The number of nitrogens with two attached hydrogens (primary N) is 1. The van der Waals surface area contributed by atoms with Crippen molar-refractivity contribution in [3.8, 4) is 5.75 Å². The number of hydrogen-bond acceptors (Lipinski definition) is 3. The summed E-state index contributed by atoms with van der Waals surface area (Å²) in [6.07, 6.45) is 0. The lowest BCUT2D eigenvalue weighted by Gasteiger charge is -2.33.